The zero-order chi connectivity index (χ0) is 20.1. The Morgan fingerprint density at radius 1 is 0.577 bits per heavy atom. The zero-order valence-corrected chi connectivity index (χ0v) is 12.1. The predicted octanol–water partition coefficient (Wildman–Crippen LogP) is 5.17. The second-order valence-electron chi connectivity index (χ2n) is 6.62. The lowest BCUT2D eigenvalue weighted by Gasteiger charge is -2.54. The second-order valence-corrected chi connectivity index (χ2v) is 6.62. The van der Waals surface area contributed by atoms with E-state index in [0.29, 0.717) is 6.92 Å². The van der Waals surface area contributed by atoms with Crippen molar-refractivity contribution < 1.29 is 52.7 Å². The van der Waals surface area contributed by atoms with Gasteiger partial charge in [0.15, 0.2) is 11.7 Å². The SMILES string of the molecule is CC1=C[C@]2(F)C3=C([C@]4(F)C(F)=C(F)[C@@]3(F)C(F)(F)C4(F)F)[C@@]1(F)C2(F)F. The Bertz CT molecular complexity index is 880. The van der Waals surface area contributed by atoms with E-state index in [-0.39, 0.29) is 0 Å². The largest absolute Gasteiger partial charge is 0.358 e. The molecule has 0 saturated carbocycles. The first-order valence-corrected chi connectivity index (χ1v) is 6.85. The van der Waals surface area contributed by atoms with Crippen LogP contribution in [0, 0.1) is 0 Å². The fourth-order valence-corrected chi connectivity index (χ4v) is 4.30. The van der Waals surface area contributed by atoms with Gasteiger partial charge in [0.1, 0.15) is 0 Å². The second kappa shape index (κ2) is 3.68. The Morgan fingerprint density at radius 2 is 0.962 bits per heavy atom. The van der Waals surface area contributed by atoms with E-state index in [0.717, 1.165) is 0 Å². The van der Waals surface area contributed by atoms with Crippen molar-refractivity contribution in [1.82, 2.24) is 0 Å². The first-order valence-electron chi connectivity index (χ1n) is 6.85. The van der Waals surface area contributed by atoms with Gasteiger partial charge in [0.25, 0.3) is 11.3 Å². The van der Waals surface area contributed by atoms with Crippen LogP contribution in [0.2, 0.25) is 0 Å². The van der Waals surface area contributed by atoms with Crippen LogP contribution in [-0.4, -0.2) is 40.4 Å². The Kier molecular flexibility index (Phi) is 2.52. The minimum atomic E-state index is -6.52. The highest BCUT2D eigenvalue weighted by molar-refractivity contribution is 5.75. The molecule has 0 aromatic rings. The van der Waals surface area contributed by atoms with Crippen LogP contribution >= 0.6 is 0 Å². The predicted molar refractivity (Wildman–Crippen MR) is 60.2 cm³/mol. The number of alkyl halides is 10. The summed E-state index contributed by atoms with van der Waals surface area (Å²) in [6, 6.07) is 0. The van der Waals surface area contributed by atoms with Gasteiger partial charge in [-0.1, -0.05) is 0 Å². The lowest BCUT2D eigenvalue weighted by atomic mass is 9.58. The molecule has 0 spiro atoms. The number of halogens is 12. The van der Waals surface area contributed by atoms with E-state index in [9.17, 15) is 52.7 Å². The molecule has 5 aliphatic rings. The van der Waals surface area contributed by atoms with Crippen LogP contribution in [0.5, 0.6) is 0 Å². The Balaban J connectivity index is 2.26. The number of rotatable bonds is 0. The quantitative estimate of drug-likeness (QED) is 0.389. The van der Waals surface area contributed by atoms with Gasteiger partial charge in [-0.3, -0.25) is 0 Å². The smallest absolute Gasteiger partial charge is 0.227 e. The number of fused-ring (bicyclic) bond motifs is 3. The monoisotopic (exact) mass is 400 g/mol. The number of allylic oxidation sites excluding steroid dienone is 6. The third-order valence-corrected chi connectivity index (χ3v) is 5.55. The molecule has 0 radical (unpaired) electrons. The van der Waals surface area contributed by atoms with Gasteiger partial charge in [-0.25, -0.2) is 26.3 Å². The van der Waals surface area contributed by atoms with Crippen molar-refractivity contribution in [3.05, 3.63) is 34.4 Å². The van der Waals surface area contributed by atoms with Gasteiger partial charge in [-0.2, -0.15) is 26.3 Å². The molecule has 26 heavy (non-hydrogen) atoms. The molecule has 0 unspecified atom stereocenters. The molecule has 5 rings (SSSR count). The molecule has 0 nitrogen and oxygen atoms in total. The summed E-state index contributed by atoms with van der Waals surface area (Å²) in [6.07, 6.45) is -0.420. The van der Waals surface area contributed by atoms with Gasteiger partial charge < -0.3 is 0 Å². The minimum Gasteiger partial charge on any atom is -0.227 e. The van der Waals surface area contributed by atoms with Crippen molar-refractivity contribution in [2.24, 2.45) is 0 Å². The van der Waals surface area contributed by atoms with E-state index >= 15 is 0 Å². The Labute approximate surface area is 135 Å². The van der Waals surface area contributed by atoms with Crippen LogP contribution in [0.3, 0.4) is 0 Å². The first kappa shape index (κ1) is 17.8. The van der Waals surface area contributed by atoms with E-state index in [1.54, 1.807) is 0 Å². The highest BCUT2D eigenvalue weighted by Crippen LogP contribution is 2.80. The van der Waals surface area contributed by atoms with E-state index < -0.39 is 74.9 Å². The summed E-state index contributed by atoms with van der Waals surface area (Å²) in [5.41, 5.74) is -28.7. The van der Waals surface area contributed by atoms with Crippen LogP contribution in [0.4, 0.5) is 52.7 Å². The van der Waals surface area contributed by atoms with Gasteiger partial charge in [-0.15, -0.1) is 0 Å². The normalized spacial score (nSPS) is 49.7. The summed E-state index contributed by atoms with van der Waals surface area (Å²) in [5.74, 6) is -25.7. The highest BCUT2D eigenvalue weighted by atomic mass is 19.3. The van der Waals surface area contributed by atoms with Crippen LogP contribution in [0.25, 0.3) is 0 Å². The molecule has 12 heteroatoms. The molecule has 0 amide bonds. The molecular weight excluding hydrogens is 396 g/mol. The van der Waals surface area contributed by atoms with Crippen molar-refractivity contribution >= 4 is 0 Å². The molecule has 0 heterocycles. The van der Waals surface area contributed by atoms with Crippen molar-refractivity contribution in [3.8, 4) is 0 Å². The fourth-order valence-electron chi connectivity index (χ4n) is 4.30. The van der Waals surface area contributed by atoms with Crippen LogP contribution in [-0.2, 0) is 0 Å². The summed E-state index contributed by atoms with van der Waals surface area (Å²) < 4.78 is 172. The van der Waals surface area contributed by atoms with Crippen molar-refractivity contribution in [3.63, 3.8) is 0 Å². The maximum atomic E-state index is 15.0. The highest BCUT2D eigenvalue weighted by Gasteiger charge is 2.99. The van der Waals surface area contributed by atoms with E-state index in [1.165, 1.54) is 0 Å². The Morgan fingerprint density at radius 3 is 1.38 bits per heavy atom. The van der Waals surface area contributed by atoms with Gasteiger partial charge in [0, 0.05) is 11.1 Å². The number of hydrogen-bond donors (Lipinski definition) is 0. The summed E-state index contributed by atoms with van der Waals surface area (Å²) in [4.78, 5) is 0. The van der Waals surface area contributed by atoms with Gasteiger partial charge >= 0.3 is 17.8 Å². The fraction of sp³-hybridized carbons (Fsp3) is 0.571. The third-order valence-electron chi connectivity index (χ3n) is 5.55. The summed E-state index contributed by atoms with van der Waals surface area (Å²) in [6.45, 7) is 0.365. The minimum absolute atomic E-state index is 0.365. The number of hydrogen-bond acceptors (Lipinski definition) is 0. The maximum Gasteiger partial charge on any atom is 0.358 e. The third kappa shape index (κ3) is 1.06. The molecule has 5 aliphatic carbocycles. The molecule has 4 atom stereocenters. The average Bonchev–Trinajstić information content (AvgIpc) is 2.73. The van der Waals surface area contributed by atoms with Gasteiger partial charge in [0.05, 0.1) is 0 Å². The molecule has 0 aromatic carbocycles. The lowest BCUT2D eigenvalue weighted by molar-refractivity contribution is -0.316. The van der Waals surface area contributed by atoms with Gasteiger partial charge in [-0.05, 0) is 18.6 Å². The molecule has 4 bridgehead atoms. The Hall–Kier alpha value is -1.62. The van der Waals surface area contributed by atoms with Crippen molar-refractivity contribution in [1.29, 1.82) is 0 Å². The van der Waals surface area contributed by atoms with Crippen LogP contribution < -0.4 is 0 Å². The first-order chi connectivity index (χ1) is 11.4. The van der Waals surface area contributed by atoms with Crippen LogP contribution in [0.15, 0.2) is 34.4 Å². The zero-order valence-electron chi connectivity index (χ0n) is 12.1. The van der Waals surface area contributed by atoms with Crippen molar-refractivity contribution in [2.45, 2.75) is 47.4 Å². The summed E-state index contributed by atoms with van der Waals surface area (Å²) in [5, 5.41) is 0. The molecule has 0 N–H and O–H groups in total. The average molecular weight is 400 g/mol. The molecule has 144 valence electrons. The molecule has 0 aromatic heterocycles. The molecule has 0 aliphatic heterocycles. The standard InChI is InChI=1S/C14H4F12/c1-3-2-8(17)4-5(9(3,18)12(8,21)22)11(20)7(16)6(15)10(4,19)13(23,24)14(11,25)26/h2H,1H3/t8-,9+,10+,11-/m0/s1. The maximum absolute atomic E-state index is 15.0. The van der Waals surface area contributed by atoms with E-state index in [2.05, 4.69) is 0 Å². The molecule has 0 fully saturated rings. The summed E-state index contributed by atoms with van der Waals surface area (Å²) >= 11 is 0. The van der Waals surface area contributed by atoms with Crippen molar-refractivity contribution in [2.75, 3.05) is 0 Å². The molecular formula is C14H4F12. The topological polar surface area (TPSA) is 0 Å². The van der Waals surface area contributed by atoms with Crippen LogP contribution in [0.1, 0.15) is 6.92 Å². The van der Waals surface area contributed by atoms with E-state index in [1.807, 2.05) is 0 Å². The van der Waals surface area contributed by atoms with Gasteiger partial charge in [0.2, 0.25) is 11.3 Å². The van der Waals surface area contributed by atoms with E-state index in [4.69, 9.17) is 0 Å². The summed E-state index contributed by atoms with van der Waals surface area (Å²) in [7, 11) is 0. The molecule has 0 saturated heterocycles. The lowest BCUT2D eigenvalue weighted by Crippen LogP contribution is -2.75.